The molecule has 1 aliphatic rings. The number of aliphatic hydroxyl groups excluding tert-OH is 1. The molecule has 0 spiro atoms. The molecule has 0 heterocycles. The predicted molar refractivity (Wildman–Crippen MR) is 72.7 cm³/mol. The third-order valence-corrected chi connectivity index (χ3v) is 5.66. The van der Waals surface area contributed by atoms with Crippen LogP contribution >= 0.6 is 15.9 Å². The molecule has 2 atom stereocenters. The lowest BCUT2D eigenvalue weighted by molar-refractivity contribution is 0.101. The van der Waals surface area contributed by atoms with Gasteiger partial charge in [0, 0.05) is 10.5 Å². The summed E-state index contributed by atoms with van der Waals surface area (Å²) in [7, 11) is -3.58. The third-order valence-electron chi connectivity index (χ3n) is 3.16. The van der Waals surface area contributed by atoms with Crippen LogP contribution in [0.2, 0.25) is 0 Å². The zero-order valence-electron chi connectivity index (χ0n) is 9.84. The molecule has 0 amide bonds. The van der Waals surface area contributed by atoms with Gasteiger partial charge in [-0.1, -0.05) is 25.0 Å². The van der Waals surface area contributed by atoms with E-state index in [4.69, 9.17) is 0 Å². The summed E-state index contributed by atoms with van der Waals surface area (Å²) < 4.78 is 27.6. The summed E-state index contributed by atoms with van der Waals surface area (Å²) in [5, 5.41) is 9.81. The number of aliphatic hydroxyl groups is 1. The van der Waals surface area contributed by atoms with Crippen molar-refractivity contribution in [3.8, 4) is 0 Å². The first kappa shape index (κ1) is 14.0. The molecule has 1 aromatic carbocycles. The Hall–Kier alpha value is -0.430. The Labute approximate surface area is 116 Å². The summed E-state index contributed by atoms with van der Waals surface area (Å²) in [6, 6.07) is 6.29. The average Bonchev–Trinajstić information content (AvgIpc) is 2.32. The molecule has 2 unspecified atom stereocenters. The topological polar surface area (TPSA) is 66.4 Å². The average molecular weight is 334 g/mol. The number of sulfonamides is 1. The van der Waals surface area contributed by atoms with Crippen LogP contribution in [0.4, 0.5) is 0 Å². The summed E-state index contributed by atoms with van der Waals surface area (Å²) in [6.07, 6.45) is 2.65. The van der Waals surface area contributed by atoms with Crippen molar-refractivity contribution in [2.45, 2.75) is 42.7 Å². The molecule has 0 saturated heterocycles. The SMILES string of the molecule is O=S(=O)(NC1CCCCC1O)c1ccccc1Br. The van der Waals surface area contributed by atoms with E-state index in [0.717, 1.165) is 12.8 Å². The lowest BCUT2D eigenvalue weighted by atomic mass is 9.93. The molecule has 1 aromatic rings. The molecule has 2 N–H and O–H groups in total. The zero-order chi connectivity index (χ0) is 13.2. The van der Waals surface area contributed by atoms with E-state index in [1.165, 1.54) is 0 Å². The van der Waals surface area contributed by atoms with Crippen LogP contribution in [0.3, 0.4) is 0 Å². The van der Waals surface area contributed by atoms with Gasteiger partial charge in [-0.2, -0.15) is 0 Å². The fraction of sp³-hybridized carbons (Fsp3) is 0.500. The number of nitrogens with one attached hydrogen (secondary N) is 1. The van der Waals surface area contributed by atoms with Gasteiger partial charge in [0.25, 0.3) is 0 Å². The van der Waals surface area contributed by atoms with Gasteiger partial charge in [-0.05, 0) is 40.9 Å². The highest BCUT2D eigenvalue weighted by atomic mass is 79.9. The minimum atomic E-state index is -3.58. The normalized spacial score (nSPS) is 25.0. The summed E-state index contributed by atoms with van der Waals surface area (Å²) in [6.45, 7) is 0. The van der Waals surface area contributed by atoms with Gasteiger partial charge in [-0.25, -0.2) is 13.1 Å². The Morgan fingerprint density at radius 2 is 1.89 bits per heavy atom. The van der Waals surface area contributed by atoms with Crippen LogP contribution in [0.1, 0.15) is 25.7 Å². The fourth-order valence-corrected chi connectivity index (χ4v) is 4.48. The Kier molecular flexibility index (Phi) is 4.42. The smallest absolute Gasteiger partial charge is 0.242 e. The van der Waals surface area contributed by atoms with E-state index in [0.29, 0.717) is 17.3 Å². The lowest BCUT2D eigenvalue weighted by Gasteiger charge is -2.28. The van der Waals surface area contributed by atoms with Gasteiger partial charge in [0.15, 0.2) is 0 Å². The largest absolute Gasteiger partial charge is 0.391 e. The highest BCUT2D eigenvalue weighted by Gasteiger charge is 2.28. The van der Waals surface area contributed by atoms with Crippen molar-refractivity contribution in [2.75, 3.05) is 0 Å². The fourth-order valence-electron chi connectivity index (χ4n) is 2.17. The lowest BCUT2D eigenvalue weighted by Crippen LogP contribution is -2.45. The summed E-state index contributed by atoms with van der Waals surface area (Å²) >= 11 is 3.23. The molecule has 0 bridgehead atoms. The van der Waals surface area contributed by atoms with Crippen molar-refractivity contribution in [2.24, 2.45) is 0 Å². The molecule has 18 heavy (non-hydrogen) atoms. The van der Waals surface area contributed by atoms with Gasteiger partial charge in [0.05, 0.1) is 11.0 Å². The maximum Gasteiger partial charge on any atom is 0.242 e. The second-order valence-corrected chi connectivity index (χ2v) is 7.05. The van der Waals surface area contributed by atoms with Crippen LogP contribution in [-0.4, -0.2) is 25.7 Å². The predicted octanol–water partition coefficient (Wildman–Crippen LogP) is 2.03. The number of hydrogen-bond acceptors (Lipinski definition) is 3. The highest BCUT2D eigenvalue weighted by molar-refractivity contribution is 9.10. The second-order valence-electron chi connectivity index (χ2n) is 4.51. The molecule has 1 aliphatic carbocycles. The molecular weight excluding hydrogens is 318 g/mol. The van der Waals surface area contributed by atoms with E-state index in [1.807, 2.05) is 0 Å². The van der Waals surface area contributed by atoms with Gasteiger partial charge in [-0.15, -0.1) is 0 Å². The van der Waals surface area contributed by atoms with Gasteiger partial charge in [0.2, 0.25) is 10.0 Å². The minimum Gasteiger partial charge on any atom is -0.391 e. The van der Waals surface area contributed by atoms with Crippen LogP contribution in [-0.2, 0) is 10.0 Å². The molecule has 1 saturated carbocycles. The van der Waals surface area contributed by atoms with Crippen molar-refractivity contribution in [3.63, 3.8) is 0 Å². The van der Waals surface area contributed by atoms with Crippen molar-refractivity contribution in [3.05, 3.63) is 28.7 Å². The molecule has 4 nitrogen and oxygen atoms in total. The van der Waals surface area contributed by atoms with E-state index >= 15 is 0 Å². The summed E-state index contributed by atoms with van der Waals surface area (Å²) in [4.78, 5) is 0.211. The highest BCUT2D eigenvalue weighted by Crippen LogP contribution is 2.24. The van der Waals surface area contributed by atoms with Gasteiger partial charge in [-0.3, -0.25) is 0 Å². The van der Waals surface area contributed by atoms with Crippen LogP contribution in [0, 0.1) is 0 Å². The maximum absolute atomic E-state index is 12.2. The third kappa shape index (κ3) is 3.12. The number of benzene rings is 1. The van der Waals surface area contributed by atoms with E-state index in [9.17, 15) is 13.5 Å². The molecule has 2 rings (SSSR count). The van der Waals surface area contributed by atoms with Crippen molar-refractivity contribution < 1.29 is 13.5 Å². The van der Waals surface area contributed by atoms with Gasteiger partial charge in [0.1, 0.15) is 0 Å². The van der Waals surface area contributed by atoms with Gasteiger partial charge >= 0.3 is 0 Å². The first-order valence-electron chi connectivity index (χ1n) is 5.95. The van der Waals surface area contributed by atoms with E-state index in [1.54, 1.807) is 24.3 Å². The maximum atomic E-state index is 12.2. The Morgan fingerprint density at radius 1 is 1.22 bits per heavy atom. The minimum absolute atomic E-state index is 0.211. The first-order valence-corrected chi connectivity index (χ1v) is 8.23. The Balaban J connectivity index is 2.19. The monoisotopic (exact) mass is 333 g/mol. The van der Waals surface area contributed by atoms with Crippen molar-refractivity contribution >= 4 is 26.0 Å². The molecule has 0 aromatic heterocycles. The molecule has 6 heteroatoms. The molecule has 0 radical (unpaired) electrons. The summed E-state index contributed by atoms with van der Waals surface area (Å²) in [5.74, 6) is 0. The first-order chi connectivity index (χ1) is 8.50. The van der Waals surface area contributed by atoms with Crippen LogP contribution < -0.4 is 4.72 Å². The van der Waals surface area contributed by atoms with Crippen LogP contribution in [0.5, 0.6) is 0 Å². The standard InChI is InChI=1S/C12H16BrNO3S/c13-9-5-1-4-8-12(9)18(16,17)14-10-6-2-3-7-11(10)15/h1,4-5,8,10-11,14-15H,2-3,6-7H2. The zero-order valence-corrected chi connectivity index (χ0v) is 12.2. The van der Waals surface area contributed by atoms with E-state index in [-0.39, 0.29) is 10.9 Å². The van der Waals surface area contributed by atoms with Gasteiger partial charge < -0.3 is 5.11 Å². The van der Waals surface area contributed by atoms with Crippen LogP contribution in [0.25, 0.3) is 0 Å². The number of hydrogen-bond donors (Lipinski definition) is 2. The van der Waals surface area contributed by atoms with E-state index in [2.05, 4.69) is 20.7 Å². The Morgan fingerprint density at radius 3 is 2.56 bits per heavy atom. The molecular formula is C12H16BrNO3S. The number of halogens is 1. The van der Waals surface area contributed by atoms with Crippen LogP contribution in [0.15, 0.2) is 33.6 Å². The second kappa shape index (κ2) is 5.69. The Bertz CT molecular complexity index is 518. The van der Waals surface area contributed by atoms with Crippen molar-refractivity contribution in [1.82, 2.24) is 4.72 Å². The molecule has 1 fully saturated rings. The van der Waals surface area contributed by atoms with Crippen molar-refractivity contribution in [1.29, 1.82) is 0 Å². The quantitative estimate of drug-likeness (QED) is 0.889. The molecule has 100 valence electrons. The number of rotatable bonds is 3. The summed E-state index contributed by atoms with van der Waals surface area (Å²) in [5.41, 5.74) is 0. The molecule has 0 aliphatic heterocycles. The van der Waals surface area contributed by atoms with E-state index < -0.39 is 16.1 Å².